The largest absolute Gasteiger partial charge is 0.452 e. The molecule has 0 saturated carbocycles. The maximum Gasteiger partial charge on any atom is 0.452 e. The molecular weight excluding hydrogens is 498 g/mol. The lowest BCUT2D eigenvalue weighted by molar-refractivity contribution is -0.144. The Bertz CT molecular complexity index is 1180. The van der Waals surface area contributed by atoms with E-state index in [1.54, 1.807) is 14.7 Å². The Morgan fingerprint density at radius 3 is 2.44 bits per heavy atom. The van der Waals surface area contributed by atoms with E-state index >= 15 is 0 Å². The van der Waals surface area contributed by atoms with Gasteiger partial charge in [0.25, 0.3) is 0 Å². The lowest BCUT2D eigenvalue weighted by atomic mass is 10.0. The second-order valence-corrected chi connectivity index (χ2v) is 11.3. The van der Waals surface area contributed by atoms with Gasteiger partial charge < -0.3 is 14.7 Å². The molecule has 1 aromatic carbocycles. The topological polar surface area (TPSA) is 86.7 Å². The first-order valence-corrected chi connectivity index (χ1v) is 13.2. The van der Waals surface area contributed by atoms with E-state index in [1.807, 2.05) is 6.92 Å². The Hall–Kier alpha value is -2.48. The van der Waals surface area contributed by atoms with Crippen molar-refractivity contribution in [2.24, 2.45) is 0 Å². The molecule has 0 N–H and O–H groups in total. The summed E-state index contributed by atoms with van der Waals surface area (Å²) >= 11 is 0.706. The molecule has 34 heavy (non-hydrogen) atoms. The summed E-state index contributed by atoms with van der Waals surface area (Å²) in [5.41, 5.74) is 0.223. The molecule has 2 saturated heterocycles. The van der Waals surface area contributed by atoms with Gasteiger partial charge in [0.05, 0.1) is 11.4 Å². The van der Waals surface area contributed by atoms with Crippen LogP contribution in [0.3, 0.4) is 0 Å². The van der Waals surface area contributed by atoms with Crippen LogP contribution in [-0.4, -0.2) is 71.6 Å². The fourth-order valence-corrected chi connectivity index (χ4v) is 5.61. The fraction of sp³-hybridized carbons (Fsp3) is 0.550. The standard InChI is InChI=1S/C20H23F4N5O3S2/c1-12-10-29(14-5-7-27(8-6-14)18-25-17(26-33-18)20(22,23)24)19(30)28(12)11-13-3-4-15(9-16(13)21)34(2,31)32/h3-4,9,12,14H,5-8,10-11H2,1-2H3. The third-order valence-electron chi connectivity index (χ3n) is 6.12. The van der Waals surface area contributed by atoms with Crippen molar-refractivity contribution >= 4 is 32.5 Å². The number of amides is 2. The van der Waals surface area contributed by atoms with Gasteiger partial charge in [-0.25, -0.2) is 17.6 Å². The summed E-state index contributed by atoms with van der Waals surface area (Å²) < 4.78 is 79.5. The van der Waals surface area contributed by atoms with Crippen LogP contribution in [0.5, 0.6) is 0 Å². The molecule has 1 unspecified atom stereocenters. The summed E-state index contributed by atoms with van der Waals surface area (Å²) in [4.78, 5) is 21.6. The van der Waals surface area contributed by atoms with Crippen LogP contribution in [0.25, 0.3) is 0 Å². The predicted octanol–water partition coefficient (Wildman–Crippen LogP) is 3.39. The number of benzene rings is 1. The highest BCUT2D eigenvalue weighted by molar-refractivity contribution is 7.90. The molecule has 2 fully saturated rings. The molecule has 1 atom stereocenters. The zero-order chi connectivity index (χ0) is 24.8. The van der Waals surface area contributed by atoms with Crippen LogP contribution in [-0.2, 0) is 22.6 Å². The molecule has 2 amide bonds. The van der Waals surface area contributed by atoms with Crippen molar-refractivity contribution in [2.75, 3.05) is 30.8 Å². The lowest BCUT2D eigenvalue weighted by Gasteiger charge is -2.36. The van der Waals surface area contributed by atoms with Gasteiger partial charge in [-0.3, -0.25) is 0 Å². The summed E-state index contributed by atoms with van der Waals surface area (Å²) in [5.74, 6) is -1.84. The highest BCUT2D eigenvalue weighted by Gasteiger charge is 2.41. The van der Waals surface area contributed by atoms with E-state index in [0.717, 1.165) is 12.3 Å². The Labute approximate surface area is 198 Å². The molecule has 0 bridgehead atoms. The highest BCUT2D eigenvalue weighted by atomic mass is 32.2. The van der Waals surface area contributed by atoms with Gasteiger partial charge in [-0.05, 0) is 31.9 Å². The van der Waals surface area contributed by atoms with Gasteiger partial charge in [0.1, 0.15) is 5.82 Å². The van der Waals surface area contributed by atoms with Crippen LogP contribution in [0.2, 0.25) is 0 Å². The summed E-state index contributed by atoms with van der Waals surface area (Å²) in [5, 5.41) is 0.210. The Morgan fingerprint density at radius 1 is 1.21 bits per heavy atom. The van der Waals surface area contributed by atoms with Crippen molar-refractivity contribution in [3.8, 4) is 0 Å². The van der Waals surface area contributed by atoms with Gasteiger partial charge in [0.2, 0.25) is 11.0 Å². The minimum atomic E-state index is -4.58. The number of urea groups is 1. The van der Waals surface area contributed by atoms with E-state index < -0.39 is 27.7 Å². The Balaban J connectivity index is 1.39. The summed E-state index contributed by atoms with van der Waals surface area (Å²) in [6, 6.07) is 3.14. The third-order valence-corrected chi connectivity index (χ3v) is 8.01. The molecule has 4 rings (SSSR count). The van der Waals surface area contributed by atoms with E-state index in [1.165, 1.54) is 12.1 Å². The smallest absolute Gasteiger partial charge is 0.347 e. The number of sulfone groups is 1. The first-order chi connectivity index (χ1) is 15.8. The molecule has 186 valence electrons. The number of carbonyl (C=O) groups excluding carboxylic acids is 1. The number of halogens is 4. The van der Waals surface area contributed by atoms with Crippen LogP contribution in [0.4, 0.5) is 27.5 Å². The molecule has 8 nitrogen and oxygen atoms in total. The average molecular weight is 522 g/mol. The Kier molecular flexibility index (Phi) is 6.48. The van der Waals surface area contributed by atoms with Crippen molar-refractivity contribution in [2.45, 2.75) is 49.5 Å². The van der Waals surface area contributed by atoms with Crippen molar-refractivity contribution in [3.05, 3.63) is 35.4 Å². The second-order valence-electron chi connectivity index (χ2n) is 8.55. The first kappa shape index (κ1) is 24.6. The van der Waals surface area contributed by atoms with Gasteiger partial charge in [-0.15, -0.1) is 0 Å². The van der Waals surface area contributed by atoms with Crippen molar-refractivity contribution in [3.63, 3.8) is 0 Å². The van der Waals surface area contributed by atoms with Crippen LogP contribution < -0.4 is 4.90 Å². The van der Waals surface area contributed by atoms with Gasteiger partial charge in [-0.2, -0.15) is 22.5 Å². The summed E-state index contributed by atoms with van der Waals surface area (Å²) in [6.45, 7) is 3.20. The molecule has 2 aliphatic rings. The number of piperidine rings is 1. The number of anilines is 1. The zero-order valence-corrected chi connectivity index (χ0v) is 20.1. The molecule has 0 aliphatic carbocycles. The van der Waals surface area contributed by atoms with Crippen molar-refractivity contribution in [1.82, 2.24) is 19.2 Å². The van der Waals surface area contributed by atoms with E-state index in [2.05, 4.69) is 9.36 Å². The van der Waals surface area contributed by atoms with Gasteiger partial charge in [0, 0.05) is 55.1 Å². The zero-order valence-electron chi connectivity index (χ0n) is 18.4. The maximum atomic E-state index is 14.5. The monoisotopic (exact) mass is 521 g/mol. The van der Waals surface area contributed by atoms with E-state index in [9.17, 15) is 30.8 Å². The quantitative estimate of drug-likeness (QED) is 0.561. The van der Waals surface area contributed by atoms with Crippen molar-refractivity contribution in [1.29, 1.82) is 0 Å². The second kappa shape index (κ2) is 8.95. The molecule has 3 heterocycles. The lowest BCUT2D eigenvalue weighted by Crippen LogP contribution is -2.46. The normalized spacial score (nSPS) is 20.5. The number of alkyl halides is 3. The predicted molar refractivity (Wildman–Crippen MR) is 117 cm³/mol. The minimum Gasteiger partial charge on any atom is -0.347 e. The van der Waals surface area contributed by atoms with E-state index in [0.29, 0.717) is 44.0 Å². The van der Waals surface area contributed by atoms with Gasteiger partial charge in [-0.1, -0.05) is 6.07 Å². The number of carbonyl (C=O) groups is 1. The van der Waals surface area contributed by atoms with E-state index in [4.69, 9.17) is 0 Å². The third kappa shape index (κ3) is 4.97. The molecule has 1 aromatic heterocycles. The molecule has 2 aromatic rings. The van der Waals surface area contributed by atoms with Gasteiger partial charge in [0.15, 0.2) is 9.84 Å². The van der Waals surface area contributed by atoms with Crippen molar-refractivity contribution < 1.29 is 30.8 Å². The molecule has 2 aliphatic heterocycles. The number of hydrogen-bond acceptors (Lipinski definition) is 7. The van der Waals surface area contributed by atoms with Crippen LogP contribution in [0.1, 0.15) is 31.2 Å². The highest BCUT2D eigenvalue weighted by Crippen LogP contribution is 2.33. The van der Waals surface area contributed by atoms with E-state index in [-0.39, 0.29) is 40.3 Å². The maximum absolute atomic E-state index is 14.5. The summed E-state index contributed by atoms with van der Waals surface area (Å²) in [6.07, 6.45) is -2.47. The number of aromatic nitrogens is 2. The van der Waals surface area contributed by atoms with Gasteiger partial charge >= 0.3 is 12.2 Å². The number of nitrogens with zero attached hydrogens (tertiary/aromatic N) is 5. The van der Waals surface area contributed by atoms with Crippen LogP contribution in [0.15, 0.2) is 23.1 Å². The molecular formula is C20H23F4N5O3S2. The minimum absolute atomic E-state index is 0.0101. The van der Waals surface area contributed by atoms with Crippen LogP contribution in [0, 0.1) is 5.82 Å². The SMILES string of the molecule is CC1CN(C2CCN(c3nc(C(F)(F)F)ns3)CC2)C(=O)N1Cc1ccc(S(C)(=O)=O)cc1F. The molecule has 14 heteroatoms. The summed E-state index contributed by atoms with van der Waals surface area (Å²) in [7, 11) is -3.54. The molecule has 0 spiro atoms. The first-order valence-electron chi connectivity index (χ1n) is 10.6. The number of hydrogen-bond donors (Lipinski definition) is 0. The molecule has 0 radical (unpaired) electrons. The Morgan fingerprint density at radius 2 is 1.88 bits per heavy atom. The number of rotatable bonds is 5. The van der Waals surface area contributed by atoms with Crippen LogP contribution >= 0.6 is 11.5 Å². The average Bonchev–Trinajstić information content (AvgIpc) is 3.35. The fourth-order valence-electron chi connectivity index (χ4n) is 4.24.